The highest BCUT2D eigenvalue weighted by Crippen LogP contribution is 2.54. The number of hydrogen-bond donors (Lipinski definition) is 0. The standard InChI is InChI=1S/C59H54/c1-3-5-7-9-19-37-59(38-20-10-8-6-4-2)57-39-43(29-33-53-49-25-15-11-21-45(49)41-46-22-12-16-26-50(46)53)31-35-55(57)56-36-32-44(40-58(56)59)30-34-54-51-27-17-13-23-47(51)42-48-24-14-18-28-52(48)54/h11-18,21-28,31-32,35-36,39-42H,3-10,19-20,37-38H2,1-2H3. The summed E-state index contributed by atoms with van der Waals surface area (Å²) in [5.41, 5.74) is 10.0. The SMILES string of the molecule is CCCCCCCC1(CCCCCCC)c2cc(C#Cc3c4ccccc4cc4ccccc34)ccc2-c2ccc(C#Cc3c4ccccc4cc4ccccc34)cc21. The predicted molar refractivity (Wildman–Crippen MR) is 254 cm³/mol. The van der Waals surface area contributed by atoms with Crippen LogP contribution in [0.3, 0.4) is 0 Å². The molecule has 59 heavy (non-hydrogen) atoms. The molecule has 0 aliphatic heterocycles. The van der Waals surface area contributed by atoms with Gasteiger partial charge in [-0.1, -0.05) is 211 Å². The van der Waals surface area contributed by atoms with Crippen LogP contribution in [-0.4, -0.2) is 0 Å². The van der Waals surface area contributed by atoms with E-state index < -0.39 is 0 Å². The van der Waals surface area contributed by atoms with Crippen LogP contribution in [0.5, 0.6) is 0 Å². The summed E-state index contributed by atoms with van der Waals surface area (Å²) in [6.45, 7) is 4.63. The molecule has 0 heteroatoms. The van der Waals surface area contributed by atoms with Crippen molar-refractivity contribution in [3.63, 3.8) is 0 Å². The molecule has 0 bridgehead atoms. The Morgan fingerprint density at radius 3 is 1.08 bits per heavy atom. The molecular weight excluding hydrogens is 709 g/mol. The minimum Gasteiger partial charge on any atom is -0.0654 e. The van der Waals surface area contributed by atoms with E-state index in [-0.39, 0.29) is 5.41 Å². The van der Waals surface area contributed by atoms with Crippen LogP contribution < -0.4 is 0 Å². The third-order valence-corrected chi connectivity index (χ3v) is 13.0. The first-order valence-corrected chi connectivity index (χ1v) is 22.3. The van der Waals surface area contributed by atoms with Gasteiger partial charge < -0.3 is 0 Å². The minimum atomic E-state index is -0.0727. The first-order chi connectivity index (χ1) is 29.2. The van der Waals surface area contributed by atoms with Gasteiger partial charge in [-0.2, -0.15) is 0 Å². The molecule has 0 amide bonds. The second-order valence-electron chi connectivity index (χ2n) is 16.8. The molecular formula is C59H54. The molecule has 0 saturated carbocycles. The molecule has 8 aromatic carbocycles. The van der Waals surface area contributed by atoms with E-state index in [1.165, 1.54) is 130 Å². The maximum absolute atomic E-state index is 3.72. The molecule has 0 unspecified atom stereocenters. The third kappa shape index (κ3) is 7.67. The van der Waals surface area contributed by atoms with Crippen LogP contribution in [0.15, 0.2) is 146 Å². The van der Waals surface area contributed by atoms with Crippen LogP contribution in [0.4, 0.5) is 0 Å². The maximum Gasteiger partial charge on any atom is 0.0405 e. The van der Waals surface area contributed by atoms with Crippen molar-refractivity contribution in [2.45, 2.75) is 96.3 Å². The van der Waals surface area contributed by atoms with Gasteiger partial charge in [0.05, 0.1) is 0 Å². The van der Waals surface area contributed by atoms with Gasteiger partial charge in [0.2, 0.25) is 0 Å². The van der Waals surface area contributed by atoms with Gasteiger partial charge in [0.1, 0.15) is 0 Å². The van der Waals surface area contributed by atoms with Crippen LogP contribution in [0, 0.1) is 23.7 Å². The molecule has 8 aromatic rings. The van der Waals surface area contributed by atoms with Gasteiger partial charge >= 0.3 is 0 Å². The first-order valence-electron chi connectivity index (χ1n) is 22.3. The zero-order chi connectivity index (χ0) is 40.0. The Kier molecular flexibility index (Phi) is 11.3. The average Bonchev–Trinajstić information content (AvgIpc) is 3.54. The monoisotopic (exact) mass is 762 g/mol. The highest BCUT2D eigenvalue weighted by atomic mass is 14.4. The first kappa shape index (κ1) is 38.4. The number of rotatable bonds is 12. The van der Waals surface area contributed by atoms with Gasteiger partial charge in [0.15, 0.2) is 0 Å². The van der Waals surface area contributed by atoms with Gasteiger partial charge in [-0.05, 0) is 115 Å². The second-order valence-corrected chi connectivity index (χ2v) is 16.8. The van der Waals surface area contributed by atoms with Crippen molar-refractivity contribution in [1.29, 1.82) is 0 Å². The van der Waals surface area contributed by atoms with Crippen LogP contribution in [0.1, 0.15) is 124 Å². The molecule has 0 spiro atoms. The topological polar surface area (TPSA) is 0 Å². The van der Waals surface area contributed by atoms with Crippen LogP contribution in [0.25, 0.3) is 54.2 Å². The molecule has 0 heterocycles. The smallest absolute Gasteiger partial charge is 0.0405 e. The summed E-state index contributed by atoms with van der Waals surface area (Å²) in [5.74, 6) is 14.9. The van der Waals surface area contributed by atoms with Crippen LogP contribution in [0.2, 0.25) is 0 Å². The highest BCUT2D eigenvalue weighted by Gasteiger charge is 2.42. The van der Waals surface area contributed by atoms with Gasteiger partial charge in [0, 0.05) is 27.7 Å². The number of unbranched alkanes of at least 4 members (excludes halogenated alkanes) is 8. The number of hydrogen-bond acceptors (Lipinski definition) is 0. The van der Waals surface area contributed by atoms with Crippen molar-refractivity contribution < 1.29 is 0 Å². The molecule has 1 aliphatic carbocycles. The van der Waals surface area contributed by atoms with Gasteiger partial charge in [-0.15, -0.1) is 0 Å². The summed E-state index contributed by atoms with van der Waals surface area (Å²) in [4.78, 5) is 0. The zero-order valence-electron chi connectivity index (χ0n) is 34.8. The van der Waals surface area contributed by atoms with E-state index in [9.17, 15) is 0 Å². The molecule has 290 valence electrons. The fourth-order valence-electron chi connectivity index (χ4n) is 9.94. The van der Waals surface area contributed by atoms with Crippen molar-refractivity contribution >= 4 is 43.1 Å². The molecule has 0 atom stereocenters. The summed E-state index contributed by atoms with van der Waals surface area (Å²) in [7, 11) is 0. The summed E-state index contributed by atoms with van der Waals surface area (Å²) >= 11 is 0. The Morgan fingerprint density at radius 1 is 0.356 bits per heavy atom. The number of benzene rings is 8. The molecule has 9 rings (SSSR count). The lowest BCUT2D eigenvalue weighted by atomic mass is 9.70. The summed E-state index contributed by atoms with van der Waals surface area (Å²) in [5, 5.41) is 9.79. The maximum atomic E-state index is 3.72. The molecule has 1 aliphatic rings. The molecule has 0 radical (unpaired) electrons. The Morgan fingerprint density at radius 2 is 0.712 bits per heavy atom. The Hall–Kier alpha value is -6.08. The highest BCUT2D eigenvalue weighted by molar-refractivity contribution is 6.06. The fraction of sp³-hybridized carbons (Fsp3) is 0.254. The van der Waals surface area contributed by atoms with Crippen molar-refractivity contribution in [3.8, 4) is 34.8 Å². The lowest BCUT2D eigenvalue weighted by Gasteiger charge is -2.33. The van der Waals surface area contributed by atoms with Gasteiger partial charge in [0.25, 0.3) is 0 Å². The van der Waals surface area contributed by atoms with Crippen molar-refractivity contribution in [2.24, 2.45) is 0 Å². The molecule has 0 fully saturated rings. The van der Waals surface area contributed by atoms with Gasteiger partial charge in [-0.3, -0.25) is 0 Å². The van der Waals surface area contributed by atoms with Crippen LogP contribution in [-0.2, 0) is 5.41 Å². The molecule has 0 N–H and O–H groups in total. The van der Waals surface area contributed by atoms with Crippen molar-refractivity contribution in [1.82, 2.24) is 0 Å². The largest absolute Gasteiger partial charge is 0.0654 e. The fourth-order valence-corrected chi connectivity index (χ4v) is 9.94. The molecule has 0 saturated heterocycles. The minimum absolute atomic E-state index is 0.0727. The van der Waals surface area contributed by atoms with E-state index in [0.29, 0.717) is 0 Å². The van der Waals surface area contributed by atoms with Gasteiger partial charge in [-0.25, -0.2) is 0 Å². The van der Waals surface area contributed by atoms with E-state index in [1.807, 2.05) is 0 Å². The van der Waals surface area contributed by atoms with Crippen molar-refractivity contribution in [2.75, 3.05) is 0 Å². The lowest BCUT2D eigenvalue weighted by molar-refractivity contribution is 0.399. The zero-order valence-corrected chi connectivity index (χ0v) is 34.8. The van der Waals surface area contributed by atoms with E-state index in [1.54, 1.807) is 0 Å². The lowest BCUT2D eigenvalue weighted by Crippen LogP contribution is -2.26. The second kappa shape index (κ2) is 17.4. The quantitative estimate of drug-likeness (QED) is 0.0661. The van der Waals surface area contributed by atoms with Crippen molar-refractivity contribution in [3.05, 3.63) is 179 Å². The van der Waals surface area contributed by atoms with E-state index in [4.69, 9.17) is 0 Å². The molecule has 0 nitrogen and oxygen atoms in total. The Labute approximate surface area is 351 Å². The number of fused-ring (bicyclic) bond motifs is 7. The predicted octanol–water partition coefficient (Wildman–Crippen LogP) is 16.1. The Balaban J connectivity index is 1.17. The average molecular weight is 763 g/mol. The summed E-state index contributed by atoms with van der Waals surface area (Å²) in [6, 6.07) is 53.5. The summed E-state index contributed by atoms with van der Waals surface area (Å²) in [6.07, 6.45) is 15.1. The molecule has 0 aromatic heterocycles. The van der Waals surface area contributed by atoms with Crippen LogP contribution >= 0.6 is 0 Å². The summed E-state index contributed by atoms with van der Waals surface area (Å²) < 4.78 is 0. The van der Waals surface area contributed by atoms with E-state index in [2.05, 4.69) is 183 Å². The van der Waals surface area contributed by atoms with E-state index in [0.717, 1.165) is 35.1 Å². The normalized spacial score (nSPS) is 12.6. The van der Waals surface area contributed by atoms with E-state index >= 15 is 0 Å². The Bertz CT molecular complexity index is 2620. The third-order valence-electron chi connectivity index (χ3n) is 13.0.